The highest BCUT2D eigenvalue weighted by Gasteiger charge is 2.39. The van der Waals surface area contributed by atoms with Crippen LogP contribution in [0.25, 0.3) is 0 Å². The van der Waals surface area contributed by atoms with E-state index >= 15 is 0 Å². The lowest BCUT2D eigenvalue weighted by Crippen LogP contribution is -2.53. The number of esters is 4. The molecule has 0 amide bonds. The van der Waals surface area contributed by atoms with Crippen LogP contribution in [0.3, 0.4) is 0 Å². The minimum atomic E-state index is -1.54. The van der Waals surface area contributed by atoms with Crippen molar-refractivity contribution in [2.24, 2.45) is 22.5 Å². The first-order chi connectivity index (χ1) is 16.3. The van der Waals surface area contributed by atoms with Crippen molar-refractivity contribution in [1.82, 2.24) is 0 Å². The third kappa shape index (κ3) is 8.93. The zero-order valence-corrected chi connectivity index (χ0v) is 23.1. The Morgan fingerprint density at radius 3 is 1.78 bits per heavy atom. The minimum Gasteiger partial charge on any atom is -0.468 e. The summed E-state index contributed by atoms with van der Waals surface area (Å²) >= 11 is 0. The van der Waals surface area contributed by atoms with Crippen LogP contribution in [-0.4, -0.2) is 42.6 Å². The summed E-state index contributed by atoms with van der Waals surface area (Å²) in [5.41, 5.74) is 3.85. The van der Waals surface area contributed by atoms with Gasteiger partial charge in [0, 0.05) is 12.8 Å². The van der Waals surface area contributed by atoms with E-state index in [-0.39, 0.29) is 30.3 Å². The average molecular weight is 508 g/mol. The van der Waals surface area contributed by atoms with Crippen molar-refractivity contribution in [2.45, 2.75) is 86.8 Å². The molecule has 0 fully saturated rings. The molecule has 0 aliphatic rings. The Morgan fingerprint density at radius 2 is 1.33 bits per heavy atom. The Morgan fingerprint density at radius 1 is 0.833 bits per heavy atom. The smallest absolute Gasteiger partial charge is 0.326 e. The number of hydrogen-bond donors (Lipinski definition) is 1. The zero-order valence-electron chi connectivity index (χ0n) is 23.1. The van der Waals surface area contributed by atoms with Crippen molar-refractivity contribution in [2.75, 3.05) is 7.11 Å². The van der Waals surface area contributed by atoms with Gasteiger partial charge in [0.1, 0.15) is 11.6 Å². The maximum absolute atomic E-state index is 12.7. The first-order valence-corrected chi connectivity index (χ1v) is 12.0. The molecule has 0 saturated carbocycles. The van der Waals surface area contributed by atoms with Crippen LogP contribution in [0.5, 0.6) is 11.5 Å². The fourth-order valence-electron chi connectivity index (χ4n) is 3.02. The highest BCUT2D eigenvalue weighted by Crippen LogP contribution is 2.34. The van der Waals surface area contributed by atoms with Gasteiger partial charge in [0.25, 0.3) is 0 Å². The highest BCUT2D eigenvalue weighted by atomic mass is 16.6. The zero-order chi connectivity index (χ0) is 28.1. The van der Waals surface area contributed by atoms with Crippen molar-refractivity contribution in [3.05, 3.63) is 23.8 Å². The van der Waals surface area contributed by atoms with Gasteiger partial charge in [0.2, 0.25) is 0 Å². The van der Waals surface area contributed by atoms with Gasteiger partial charge in [-0.2, -0.15) is 0 Å². The SMILES string of the molecule is COC(=O)[C@](N)(Cc1ccc(OC(=O)C(C)(C)C)c(OC(=O)C(C)(C)C)c1)CC(C)OC(=O)C(C)C. The standard InChI is InChI=1S/C27H41NO8/c1-16(2)21(29)34-17(3)14-27(28,24(32)33-10)15-18-11-12-19(35-22(30)25(4,5)6)20(13-18)36-23(31)26(7,8)9/h11-13,16-17H,14-15,28H2,1-10H3/t17?,27-/m1/s1. The highest BCUT2D eigenvalue weighted by molar-refractivity contribution is 5.82. The van der Waals surface area contributed by atoms with Crippen LogP contribution in [0.4, 0.5) is 0 Å². The van der Waals surface area contributed by atoms with Crippen molar-refractivity contribution >= 4 is 23.9 Å². The molecule has 9 nitrogen and oxygen atoms in total. The number of methoxy groups -OCH3 is 1. The molecule has 0 aromatic heterocycles. The number of nitrogens with two attached hydrogens (primary N) is 1. The monoisotopic (exact) mass is 507 g/mol. The van der Waals surface area contributed by atoms with Crippen molar-refractivity contribution in [3.63, 3.8) is 0 Å². The predicted octanol–water partition coefficient (Wildman–Crippen LogP) is 3.98. The summed E-state index contributed by atoms with van der Waals surface area (Å²) in [6, 6.07) is 4.61. The van der Waals surface area contributed by atoms with E-state index < -0.39 is 46.4 Å². The maximum Gasteiger partial charge on any atom is 0.326 e. The first kappa shape index (κ1) is 31.1. The Hall–Kier alpha value is -2.94. The van der Waals surface area contributed by atoms with Gasteiger partial charge < -0.3 is 24.7 Å². The Bertz CT molecular complexity index is 971. The second kappa shape index (κ2) is 11.9. The summed E-state index contributed by atoms with van der Waals surface area (Å²) in [6.07, 6.45) is -0.679. The molecule has 1 aromatic rings. The Labute approximate surface area is 214 Å². The van der Waals surface area contributed by atoms with Gasteiger partial charge >= 0.3 is 23.9 Å². The van der Waals surface area contributed by atoms with E-state index in [1.54, 1.807) is 68.4 Å². The van der Waals surface area contributed by atoms with Gasteiger partial charge in [-0.15, -0.1) is 0 Å². The number of rotatable bonds is 9. The molecule has 0 aliphatic carbocycles. The van der Waals surface area contributed by atoms with Gasteiger partial charge in [-0.3, -0.25) is 19.2 Å². The van der Waals surface area contributed by atoms with Crippen LogP contribution in [0.2, 0.25) is 0 Å². The Kier molecular flexibility index (Phi) is 10.2. The van der Waals surface area contributed by atoms with Crippen molar-refractivity contribution in [3.8, 4) is 11.5 Å². The molecule has 2 N–H and O–H groups in total. The van der Waals surface area contributed by atoms with Crippen LogP contribution in [0, 0.1) is 16.7 Å². The van der Waals surface area contributed by atoms with Crippen molar-refractivity contribution < 1.29 is 38.1 Å². The Balaban J connectivity index is 3.37. The molecule has 1 unspecified atom stereocenters. The lowest BCUT2D eigenvalue weighted by Gasteiger charge is -2.30. The summed E-state index contributed by atoms with van der Waals surface area (Å²) in [7, 11) is 1.22. The second-order valence-corrected chi connectivity index (χ2v) is 11.5. The van der Waals surface area contributed by atoms with E-state index in [0.29, 0.717) is 5.56 Å². The topological polar surface area (TPSA) is 131 Å². The molecule has 36 heavy (non-hydrogen) atoms. The summed E-state index contributed by atoms with van der Waals surface area (Å²) in [4.78, 5) is 49.8. The van der Waals surface area contributed by atoms with E-state index in [9.17, 15) is 19.2 Å². The summed E-state index contributed by atoms with van der Waals surface area (Å²) in [5, 5.41) is 0. The molecule has 9 heteroatoms. The van der Waals surface area contributed by atoms with Gasteiger partial charge in [-0.1, -0.05) is 19.9 Å². The number of carbonyl (C=O) groups excluding carboxylic acids is 4. The van der Waals surface area contributed by atoms with E-state index in [4.69, 9.17) is 24.7 Å². The average Bonchev–Trinajstić information content (AvgIpc) is 2.72. The van der Waals surface area contributed by atoms with Crippen LogP contribution in [0.15, 0.2) is 18.2 Å². The fraction of sp³-hybridized carbons (Fsp3) is 0.630. The first-order valence-electron chi connectivity index (χ1n) is 12.0. The van der Waals surface area contributed by atoms with Gasteiger partial charge in [-0.25, -0.2) is 0 Å². The van der Waals surface area contributed by atoms with Gasteiger partial charge in [0.15, 0.2) is 11.5 Å². The number of ether oxygens (including phenoxy) is 4. The van der Waals surface area contributed by atoms with Crippen LogP contribution in [-0.2, 0) is 35.1 Å². The van der Waals surface area contributed by atoms with E-state index in [1.165, 1.54) is 19.2 Å². The summed E-state index contributed by atoms with van der Waals surface area (Å²) in [5.74, 6) is -2.38. The van der Waals surface area contributed by atoms with Crippen LogP contribution in [0.1, 0.15) is 74.3 Å². The lowest BCUT2D eigenvalue weighted by molar-refractivity contribution is -0.157. The van der Waals surface area contributed by atoms with E-state index in [0.717, 1.165) is 0 Å². The molecular weight excluding hydrogens is 466 g/mol. The van der Waals surface area contributed by atoms with Crippen LogP contribution < -0.4 is 15.2 Å². The fourth-order valence-corrected chi connectivity index (χ4v) is 3.02. The van der Waals surface area contributed by atoms with Crippen molar-refractivity contribution in [1.29, 1.82) is 0 Å². The molecule has 0 heterocycles. The molecule has 0 saturated heterocycles. The molecule has 1 rings (SSSR count). The maximum atomic E-state index is 12.7. The molecule has 0 radical (unpaired) electrons. The molecule has 0 bridgehead atoms. The van der Waals surface area contributed by atoms with E-state index in [1.807, 2.05) is 0 Å². The normalized spacial score (nSPS) is 14.4. The predicted molar refractivity (Wildman–Crippen MR) is 134 cm³/mol. The quantitative estimate of drug-likeness (QED) is 0.389. The third-order valence-corrected chi connectivity index (χ3v) is 5.19. The molecule has 202 valence electrons. The van der Waals surface area contributed by atoms with Gasteiger partial charge in [-0.05, 0) is 66.2 Å². The number of benzene rings is 1. The lowest BCUT2D eigenvalue weighted by atomic mass is 9.86. The largest absolute Gasteiger partial charge is 0.468 e. The molecule has 2 atom stereocenters. The van der Waals surface area contributed by atoms with Gasteiger partial charge in [0.05, 0.1) is 23.9 Å². The van der Waals surface area contributed by atoms with E-state index in [2.05, 4.69) is 0 Å². The molecule has 0 spiro atoms. The second-order valence-electron chi connectivity index (χ2n) is 11.5. The molecule has 0 aliphatic heterocycles. The third-order valence-electron chi connectivity index (χ3n) is 5.19. The summed E-state index contributed by atoms with van der Waals surface area (Å²) < 4.78 is 21.4. The number of hydrogen-bond acceptors (Lipinski definition) is 9. The molecule has 1 aromatic carbocycles. The summed E-state index contributed by atoms with van der Waals surface area (Å²) in [6.45, 7) is 15.3. The molecular formula is C27H41NO8. The van der Waals surface area contributed by atoms with Crippen LogP contribution >= 0.6 is 0 Å². The number of carbonyl (C=O) groups is 4. The minimum absolute atomic E-state index is 0.00396.